The van der Waals surface area contributed by atoms with Crippen LogP contribution >= 0.6 is 0 Å². The third kappa shape index (κ3) is 2.44. The summed E-state index contributed by atoms with van der Waals surface area (Å²) >= 11 is 0. The number of alkyl halides is 3. The molecule has 0 bridgehead atoms. The molecule has 1 aromatic carbocycles. The highest BCUT2D eigenvalue weighted by atomic mass is 32.2. The number of rotatable bonds is 2. The van der Waals surface area contributed by atoms with Crippen LogP contribution in [-0.2, 0) is 9.84 Å². The van der Waals surface area contributed by atoms with Crippen molar-refractivity contribution in [1.82, 2.24) is 0 Å². The lowest BCUT2D eigenvalue weighted by molar-refractivity contribution is -0.0436. The summed E-state index contributed by atoms with van der Waals surface area (Å²) in [5.41, 5.74) is -4.61. The molecule has 0 radical (unpaired) electrons. The number of sulfone groups is 1. The zero-order valence-electron chi connectivity index (χ0n) is 8.32. The number of hydrogen-bond acceptors (Lipinski definition) is 2. The molecule has 0 saturated heterocycles. The summed E-state index contributed by atoms with van der Waals surface area (Å²) in [5, 5.41) is 0. The van der Waals surface area contributed by atoms with Crippen molar-refractivity contribution in [2.75, 3.05) is 0 Å². The first-order chi connectivity index (χ1) is 7.29. The molecule has 0 aliphatic carbocycles. The first-order valence-corrected chi connectivity index (χ1v) is 5.81. The molecule has 0 atom stereocenters. The van der Waals surface area contributed by atoms with Crippen LogP contribution in [0.2, 0.25) is 0 Å². The minimum atomic E-state index is -5.25. The van der Waals surface area contributed by atoms with E-state index in [2.05, 4.69) is 0 Å². The molecule has 0 spiro atoms. The Kier molecular flexibility index (Phi) is 3.42. The van der Waals surface area contributed by atoms with Gasteiger partial charge in [0.15, 0.2) is 0 Å². The van der Waals surface area contributed by atoms with Crippen molar-refractivity contribution in [2.24, 2.45) is 0 Å². The van der Waals surface area contributed by atoms with E-state index in [1.54, 1.807) is 19.1 Å². The molecule has 1 aromatic rings. The quantitative estimate of drug-likeness (QED) is 0.808. The molecule has 2 nitrogen and oxygen atoms in total. The second-order valence-corrected chi connectivity index (χ2v) is 4.96. The molecule has 6 heteroatoms. The van der Waals surface area contributed by atoms with Gasteiger partial charge in [-0.2, -0.15) is 13.2 Å². The zero-order chi connectivity index (χ0) is 12.4. The van der Waals surface area contributed by atoms with Crippen molar-refractivity contribution in [3.63, 3.8) is 0 Å². The first-order valence-electron chi connectivity index (χ1n) is 4.33. The molecule has 16 heavy (non-hydrogen) atoms. The molecule has 0 aliphatic heterocycles. The predicted molar refractivity (Wildman–Crippen MR) is 54.4 cm³/mol. The Bertz CT molecular complexity index is 484. The lowest BCUT2D eigenvalue weighted by Crippen LogP contribution is -2.23. The van der Waals surface area contributed by atoms with E-state index in [0.717, 1.165) is 12.1 Å². The van der Waals surface area contributed by atoms with E-state index >= 15 is 0 Å². The third-order valence-electron chi connectivity index (χ3n) is 1.85. The third-order valence-corrected chi connectivity index (χ3v) is 3.36. The molecule has 0 fully saturated rings. The molecule has 0 amide bonds. The number of hydrogen-bond donors (Lipinski definition) is 0. The molecule has 0 heterocycles. The highest BCUT2D eigenvalue weighted by molar-refractivity contribution is 7.92. The number of allylic oxidation sites excluding steroid dienone is 1. The molecule has 0 aromatic heterocycles. The van der Waals surface area contributed by atoms with Crippen LogP contribution in [0.15, 0.2) is 35.2 Å². The SMILES string of the molecule is C/C=C/c1ccc(S(=O)(=O)C(F)(F)F)cc1. The van der Waals surface area contributed by atoms with Crippen molar-refractivity contribution >= 4 is 15.9 Å². The molecule has 0 saturated carbocycles. The molecule has 0 unspecified atom stereocenters. The van der Waals surface area contributed by atoms with Gasteiger partial charge in [-0.15, -0.1) is 0 Å². The average molecular weight is 250 g/mol. The summed E-state index contributed by atoms with van der Waals surface area (Å²) < 4.78 is 58.5. The van der Waals surface area contributed by atoms with Crippen LogP contribution in [0.4, 0.5) is 13.2 Å². The van der Waals surface area contributed by atoms with Crippen molar-refractivity contribution < 1.29 is 21.6 Å². The van der Waals surface area contributed by atoms with Crippen molar-refractivity contribution in [2.45, 2.75) is 17.3 Å². The zero-order valence-corrected chi connectivity index (χ0v) is 9.14. The standard InChI is InChI=1S/C10H9F3O2S/c1-2-3-8-4-6-9(7-5-8)16(14,15)10(11,12)13/h2-7H,1H3/b3-2+. The average Bonchev–Trinajstić information content (AvgIpc) is 2.17. The molecule has 88 valence electrons. The van der Waals surface area contributed by atoms with Crippen molar-refractivity contribution in [3.05, 3.63) is 35.9 Å². The summed E-state index contributed by atoms with van der Waals surface area (Å²) in [6.45, 7) is 1.75. The van der Waals surface area contributed by atoms with Gasteiger partial charge in [0.2, 0.25) is 0 Å². The van der Waals surface area contributed by atoms with Gasteiger partial charge in [0.1, 0.15) is 0 Å². The van der Waals surface area contributed by atoms with Crippen molar-refractivity contribution in [1.29, 1.82) is 0 Å². The highest BCUT2D eigenvalue weighted by Crippen LogP contribution is 2.30. The van der Waals surface area contributed by atoms with E-state index in [-0.39, 0.29) is 0 Å². The minimum Gasteiger partial charge on any atom is -0.214 e. The molecule has 0 aliphatic rings. The van der Waals surface area contributed by atoms with Gasteiger partial charge in [0, 0.05) is 0 Å². The molecule has 1 rings (SSSR count). The Hall–Kier alpha value is -1.30. The Morgan fingerprint density at radius 1 is 1.12 bits per heavy atom. The van der Waals surface area contributed by atoms with Crippen LogP contribution in [0.25, 0.3) is 6.08 Å². The van der Waals surface area contributed by atoms with E-state index in [1.165, 1.54) is 12.1 Å². The molecular weight excluding hydrogens is 241 g/mol. The Morgan fingerprint density at radius 3 is 2.00 bits per heavy atom. The second-order valence-electron chi connectivity index (χ2n) is 3.02. The van der Waals surface area contributed by atoms with Gasteiger partial charge in [0.05, 0.1) is 4.90 Å². The highest BCUT2D eigenvalue weighted by Gasteiger charge is 2.46. The molecule has 0 N–H and O–H groups in total. The van der Waals surface area contributed by atoms with Gasteiger partial charge in [-0.05, 0) is 24.6 Å². The summed E-state index contributed by atoms with van der Waals surface area (Å²) in [6, 6.07) is 4.52. The topological polar surface area (TPSA) is 34.1 Å². The number of benzene rings is 1. The second kappa shape index (κ2) is 4.29. The van der Waals surface area contributed by atoms with E-state index in [4.69, 9.17) is 0 Å². The van der Waals surface area contributed by atoms with Gasteiger partial charge in [-0.3, -0.25) is 0 Å². The van der Waals surface area contributed by atoms with Gasteiger partial charge >= 0.3 is 5.51 Å². The first kappa shape index (κ1) is 12.8. The van der Waals surface area contributed by atoms with Gasteiger partial charge < -0.3 is 0 Å². The maximum absolute atomic E-state index is 12.2. The Balaban J connectivity index is 3.17. The van der Waals surface area contributed by atoms with E-state index < -0.39 is 20.2 Å². The maximum Gasteiger partial charge on any atom is 0.501 e. The Labute approximate surface area is 91.3 Å². The minimum absolute atomic E-state index is 0.642. The lowest BCUT2D eigenvalue weighted by Gasteiger charge is -2.07. The van der Waals surface area contributed by atoms with Gasteiger partial charge in [-0.25, -0.2) is 8.42 Å². The van der Waals surface area contributed by atoms with Crippen LogP contribution in [0.5, 0.6) is 0 Å². The Morgan fingerprint density at radius 2 is 1.62 bits per heavy atom. The van der Waals surface area contributed by atoms with Gasteiger partial charge in [-0.1, -0.05) is 24.3 Å². The summed E-state index contributed by atoms with van der Waals surface area (Å²) in [7, 11) is -5.23. The summed E-state index contributed by atoms with van der Waals surface area (Å²) in [5.74, 6) is 0. The monoisotopic (exact) mass is 250 g/mol. The fraction of sp³-hybridized carbons (Fsp3) is 0.200. The fourth-order valence-corrected chi connectivity index (χ4v) is 1.85. The normalized spacial score (nSPS) is 13.2. The smallest absolute Gasteiger partial charge is 0.214 e. The largest absolute Gasteiger partial charge is 0.501 e. The van der Waals surface area contributed by atoms with Crippen LogP contribution < -0.4 is 0 Å². The van der Waals surface area contributed by atoms with Crippen LogP contribution in [-0.4, -0.2) is 13.9 Å². The van der Waals surface area contributed by atoms with Crippen LogP contribution in [0.1, 0.15) is 12.5 Å². The maximum atomic E-state index is 12.2. The number of halogens is 3. The van der Waals surface area contributed by atoms with E-state index in [0.29, 0.717) is 5.56 Å². The predicted octanol–water partition coefficient (Wildman–Crippen LogP) is 3.01. The lowest BCUT2D eigenvalue weighted by atomic mass is 10.2. The van der Waals surface area contributed by atoms with Crippen LogP contribution in [0.3, 0.4) is 0 Å². The van der Waals surface area contributed by atoms with Crippen molar-refractivity contribution in [3.8, 4) is 0 Å². The summed E-state index contributed by atoms with van der Waals surface area (Å²) in [4.78, 5) is -0.742. The van der Waals surface area contributed by atoms with E-state index in [9.17, 15) is 21.6 Å². The van der Waals surface area contributed by atoms with Crippen LogP contribution in [0, 0.1) is 0 Å². The fourth-order valence-electron chi connectivity index (χ4n) is 1.08. The summed E-state index contributed by atoms with van der Waals surface area (Å²) in [6.07, 6.45) is 3.36. The van der Waals surface area contributed by atoms with E-state index in [1.807, 2.05) is 0 Å². The van der Waals surface area contributed by atoms with Gasteiger partial charge in [0.25, 0.3) is 9.84 Å². The molecular formula is C10H9F3O2S.